The summed E-state index contributed by atoms with van der Waals surface area (Å²) in [5, 5.41) is 17.3. The monoisotopic (exact) mass is 187 g/mol. The number of nitriles is 1. The van der Waals surface area contributed by atoms with Crippen LogP contribution in [0.5, 0.6) is 0 Å². The molecule has 0 unspecified atom stereocenters. The number of benzene rings is 1. The number of aromatic carboxylic acids is 1. The zero-order valence-electron chi connectivity index (χ0n) is 7.69. The highest BCUT2D eigenvalue weighted by Gasteiger charge is 2.10. The molecule has 0 atom stereocenters. The molecule has 14 heavy (non-hydrogen) atoms. The quantitative estimate of drug-likeness (QED) is 0.722. The molecule has 1 N–H and O–H groups in total. The van der Waals surface area contributed by atoms with Gasteiger partial charge in [-0.25, -0.2) is 4.79 Å². The minimum atomic E-state index is -0.972. The second-order valence-corrected chi connectivity index (χ2v) is 2.81. The zero-order valence-corrected chi connectivity index (χ0v) is 7.69. The molecule has 0 heterocycles. The molecule has 0 saturated heterocycles. The molecule has 0 radical (unpaired) electrons. The number of nitrogens with zero attached hydrogens (tertiary/aromatic N) is 1. The van der Waals surface area contributed by atoms with Gasteiger partial charge >= 0.3 is 5.97 Å². The molecule has 0 bridgehead atoms. The van der Waals surface area contributed by atoms with E-state index in [1.165, 1.54) is 12.2 Å². The van der Waals surface area contributed by atoms with Gasteiger partial charge in [-0.1, -0.05) is 18.2 Å². The molecule has 0 fully saturated rings. The molecule has 0 amide bonds. The van der Waals surface area contributed by atoms with Gasteiger partial charge in [-0.05, 0) is 24.1 Å². The molecular formula is C11H9NO2. The van der Waals surface area contributed by atoms with E-state index in [4.69, 9.17) is 10.4 Å². The highest BCUT2D eigenvalue weighted by molar-refractivity contribution is 5.93. The van der Waals surface area contributed by atoms with Crippen LogP contribution in [0.25, 0.3) is 6.08 Å². The topological polar surface area (TPSA) is 61.1 Å². The van der Waals surface area contributed by atoms with Gasteiger partial charge in [0.05, 0.1) is 11.6 Å². The first kappa shape index (κ1) is 10.0. The Morgan fingerprint density at radius 2 is 2.29 bits per heavy atom. The summed E-state index contributed by atoms with van der Waals surface area (Å²) in [7, 11) is 0. The molecule has 1 rings (SSSR count). The molecule has 0 aliphatic rings. The van der Waals surface area contributed by atoms with Crippen molar-refractivity contribution < 1.29 is 9.90 Å². The van der Waals surface area contributed by atoms with Crippen molar-refractivity contribution in [3.8, 4) is 6.07 Å². The van der Waals surface area contributed by atoms with E-state index in [0.717, 1.165) is 0 Å². The number of carbonyl (C=O) groups is 1. The highest BCUT2D eigenvalue weighted by atomic mass is 16.4. The minimum Gasteiger partial charge on any atom is -0.478 e. The van der Waals surface area contributed by atoms with Gasteiger partial charge in [0.1, 0.15) is 0 Å². The number of allylic oxidation sites excluding steroid dienone is 1. The third kappa shape index (κ3) is 1.99. The van der Waals surface area contributed by atoms with Crippen molar-refractivity contribution in [2.24, 2.45) is 0 Å². The molecule has 70 valence electrons. The molecule has 1 aromatic rings. The fourth-order valence-corrected chi connectivity index (χ4v) is 1.25. The third-order valence-corrected chi connectivity index (χ3v) is 1.86. The molecule has 3 nitrogen and oxygen atoms in total. The number of carboxylic acids is 1. The second-order valence-electron chi connectivity index (χ2n) is 2.81. The number of rotatable bonds is 2. The first-order valence-electron chi connectivity index (χ1n) is 4.06. The molecular weight excluding hydrogens is 178 g/mol. The summed E-state index contributed by atoms with van der Waals surface area (Å²) >= 11 is 0. The number of hydrogen-bond donors (Lipinski definition) is 1. The van der Waals surface area contributed by atoms with Gasteiger partial charge in [-0.3, -0.25) is 0 Å². The van der Waals surface area contributed by atoms with Crippen LogP contribution >= 0.6 is 0 Å². The molecule has 0 aliphatic carbocycles. The van der Waals surface area contributed by atoms with E-state index in [-0.39, 0.29) is 5.56 Å². The van der Waals surface area contributed by atoms with E-state index in [0.29, 0.717) is 11.1 Å². The van der Waals surface area contributed by atoms with Gasteiger partial charge in [-0.15, -0.1) is 0 Å². The van der Waals surface area contributed by atoms with Gasteiger partial charge in [0.15, 0.2) is 0 Å². The van der Waals surface area contributed by atoms with Crippen LogP contribution in [0.15, 0.2) is 24.3 Å². The predicted octanol–water partition coefficient (Wildman–Crippen LogP) is 2.23. The second kappa shape index (κ2) is 4.24. The summed E-state index contributed by atoms with van der Waals surface area (Å²) in [5.41, 5.74) is 1.50. The Morgan fingerprint density at radius 1 is 1.57 bits per heavy atom. The standard InChI is InChI=1S/C11H9NO2/c1-8-4-2-5-9(6-3-7-12)10(8)11(13)14/h2-6H,1H3,(H,13,14). The van der Waals surface area contributed by atoms with E-state index in [1.807, 2.05) is 6.07 Å². The van der Waals surface area contributed by atoms with Crippen molar-refractivity contribution >= 4 is 12.0 Å². The zero-order chi connectivity index (χ0) is 10.6. The smallest absolute Gasteiger partial charge is 0.336 e. The first-order valence-corrected chi connectivity index (χ1v) is 4.06. The van der Waals surface area contributed by atoms with Crippen molar-refractivity contribution in [1.82, 2.24) is 0 Å². The highest BCUT2D eigenvalue weighted by Crippen LogP contribution is 2.15. The summed E-state index contributed by atoms with van der Waals surface area (Å²) in [6.45, 7) is 1.73. The van der Waals surface area contributed by atoms with E-state index < -0.39 is 5.97 Å². The molecule has 3 heteroatoms. The van der Waals surface area contributed by atoms with Crippen LogP contribution < -0.4 is 0 Å². The Balaban J connectivity index is 3.30. The van der Waals surface area contributed by atoms with Crippen LogP contribution in [-0.4, -0.2) is 11.1 Å². The van der Waals surface area contributed by atoms with Crippen LogP contribution in [0, 0.1) is 18.3 Å². The SMILES string of the molecule is Cc1cccc(C=CC#N)c1C(=O)O. The van der Waals surface area contributed by atoms with Crippen molar-refractivity contribution in [3.63, 3.8) is 0 Å². The molecule has 0 aliphatic heterocycles. The molecule has 1 aromatic carbocycles. The lowest BCUT2D eigenvalue weighted by Gasteiger charge is -2.03. The van der Waals surface area contributed by atoms with E-state index in [1.54, 1.807) is 25.1 Å². The fraction of sp³-hybridized carbons (Fsp3) is 0.0909. The Bertz CT molecular complexity index is 427. The Hall–Kier alpha value is -2.08. The van der Waals surface area contributed by atoms with Crippen molar-refractivity contribution in [2.75, 3.05) is 0 Å². The summed E-state index contributed by atoms with van der Waals surface area (Å²) in [4.78, 5) is 10.9. The number of carboxylic acid groups (broad SMARTS) is 1. The van der Waals surface area contributed by atoms with Crippen LogP contribution in [0.1, 0.15) is 21.5 Å². The first-order chi connectivity index (χ1) is 6.66. The predicted molar refractivity (Wildman–Crippen MR) is 52.8 cm³/mol. The van der Waals surface area contributed by atoms with E-state index in [9.17, 15) is 4.79 Å². The average Bonchev–Trinajstić information content (AvgIpc) is 2.14. The number of aryl methyl sites for hydroxylation is 1. The van der Waals surface area contributed by atoms with Gasteiger partial charge < -0.3 is 5.11 Å². The fourth-order valence-electron chi connectivity index (χ4n) is 1.25. The normalized spacial score (nSPS) is 10.0. The third-order valence-electron chi connectivity index (χ3n) is 1.86. The maximum Gasteiger partial charge on any atom is 0.336 e. The Kier molecular flexibility index (Phi) is 3.03. The lowest BCUT2D eigenvalue weighted by molar-refractivity contribution is 0.0696. The summed E-state index contributed by atoms with van der Waals surface area (Å²) in [6, 6.07) is 6.99. The molecule has 0 spiro atoms. The van der Waals surface area contributed by atoms with Crippen LogP contribution in [0.4, 0.5) is 0 Å². The summed E-state index contributed by atoms with van der Waals surface area (Å²) in [6.07, 6.45) is 2.76. The maximum absolute atomic E-state index is 10.9. The van der Waals surface area contributed by atoms with E-state index >= 15 is 0 Å². The molecule has 0 saturated carbocycles. The number of hydrogen-bond acceptors (Lipinski definition) is 2. The maximum atomic E-state index is 10.9. The van der Waals surface area contributed by atoms with Crippen LogP contribution in [0.2, 0.25) is 0 Å². The lowest BCUT2D eigenvalue weighted by Crippen LogP contribution is -2.02. The van der Waals surface area contributed by atoms with Gasteiger partial charge in [-0.2, -0.15) is 5.26 Å². The lowest BCUT2D eigenvalue weighted by atomic mass is 10.0. The van der Waals surface area contributed by atoms with Gasteiger partial charge in [0, 0.05) is 6.08 Å². The minimum absolute atomic E-state index is 0.249. The Labute approximate surface area is 81.9 Å². The van der Waals surface area contributed by atoms with Crippen LogP contribution in [0.3, 0.4) is 0 Å². The van der Waals surface area contributed by atoms with Crippen molar-refractivity contribution in [3.05, 3.63) is 41.0 Å². The van der Waals surface area contributed by atoms with Gasteiger partial charge in [0.25, 0.3) is 0 Å². The molecule has 0 aromatic heterocycles. The largest absolute Gasteiger partial charge is 0.478 e. The van der Waals surface area contributed by atoms with Crippen LogP contribution in [-0.2, 0) is 0 Å². The van der Waals surface area contributed by atoms with Crippen molar-refractivity contribution in [2.45, 2.75) is 6.92 Å². The van der Waals surface area contributed by atoms with Gasteiger partial charge in [0.2, 0.25) is 0 Å². The average molecular weight is 187 g/mol. The summed E-state index contributed by atoms with van der Waals surface area (Å²) < 4.78 is 0. The van der Waals surface area contributed by atoms with E-state index in [2.05, 4.69) is 0 Å². The Morgan fingerprint density at radius 3 is 2.86 bits per heavy atom. The van der Waals surface area contributed by atoms with Crippen molar-refractivity contribution in [1.29, 1.82) is 5.26 Å². The summed E-state index contributed by atoms with van der Waals surface area (Å²) in [5.74, 6) is -0.972.